The summed E-state index contributed by atoms with van der Waals surface area (Å²) >= 11 is 0. The zero-order chi connectivity index (χ0) is 15.8. The minimum absolute atomic E-state index is 0.624. The molecule has 0 spiro atoms. The highest BCUT2D eigenvalue weighted by Gasteiger charge is 2.15. The molecule has 4 nitrogen and oxygen atoms in total. The summed E-state index contributed by atoms with van der Waals surface area (Å²) in [4.78, 5) is 0. The van der Waals surface area contributed by atoms with Crippen molar-refractivity contribution >= 4 is 0 Å². The number of hydrogen-bond acceptors (Lipinski definition) is 4. The van der Waals surface area contributed by atoms with E-state index in [-0.39, 0.29) is 0 Å². The highest BCUT2D eigenvalue weighted by atomic mass is 16.5. The van der Waals surface area contributed by atoms with E-state index in [1.54, 1.807) is 21.3 Å². The van der Waals surface area contributed by atoms with Crippen LogP contribution in [-0.4, -0.2) is 27.4 Å². The van der Waals surface area contributed by atoms with Crippen LogP contribution < -0.4 is 19.5 Å². The van der Waals surface area contributed by atoms with Crippen LogP contribution in [0.2, 0.25) is 0 Å². The van der Waals surface area contributed by atoms with Gasteiger partial charge in [0.05, 0.1) is 21.3 Å². The normalized spacial score (nSPS) is 16.7. The molecule has 0 heterocycles. The summed E-state index contributed by atoms with van der Waals surface area (Å²) in [6.07, 6.45) is 9.40. The molecule has 0 saturated heterocycles. The van der Waals surface area contributed by atoms with E-state index >= 15 is 0 Å². The topological polar surface area (TPSA) is 39.7 Å². The lowest BCUT2D eigenvalue weighted by Crippen LogP contribution is -2.29. The number of hydrogen-bond donors (Lipinski definition) is 1. The van der Waals surface area contributed by atoms with E-state index in [0.717, 1.165) is 23.6 Å². The van der Waals surface area contributed by atoms with Crippen molar-refractivity contribution in [2.75, 3.05) is 21.3 Å². The molecule has 1 N–H and O–H groups in total. The summed E-state index contributed by atoms with van der Waals surface area (Å²) in [5.74, 6) is 2.09. The molecule has 1 aliphatic rings. The van der Waals surface area contributed by atoms with E-state index in [4.69, 9.17) is 14.2 Å². The van der Waals surface area contributed by atoms with Gasteiger partial charge in [-0.3, -0.25) is 0 Å². The average Bonchev–Trinajstić information content (AvgIpc) is 2.52. The Labute approximate surface area is 134 Å². The Bertz CT molecular complexity index is 429. The van der Waals surface area contributed by atoms with Gasteiger partial charge in [0, 0.05) is 12.6 Å². The number of ether oxygens (including phenoxy) is 3. The summed E-state index contributed by atoms with van der Waals surface area (Å²) in [5, 5.41) is 3.69. The van der Waals surface area contributed by atoms with Crippen molar-refractivity contribution in [1.82, 2.24) is 5.32 Å². The molecule has 1 aliphatic carbocycles. The molecule has 1 fully saturated rings. The summed E-state index contributed by atoms with van der Waals surface area (Å²) in [6.45, 7) is 0.835. The maximum Gasteiger partial charge on any atom is 0.203 e. The second kappa shape index (κ2) is 8.89. The van der Waals surface area contributed by atoms with Crippen molar-refractivity contribution in [3.8, 4) is 17.2 Å². The van der Waals surface area contributed by atoms with Crippen molar-refractivity contribution in [3.05, 3.63) is 17.7 Å². The van der Waals surface area contributed by atoms with Crippen LogP contribution in [0, 0.1) is 0 Å². The quantitative estimate of drug-likeness (QED) is 0.865. The molecule has 0 bridgehead atoms. The summed E-state index contributed by atoms with van der Waals surface area (Å²) in [6, 6.07) is 4.67. The summed E-state index contributed by atoms with van der Waals surface area (Å²) in [7, 11) is 4.94. The van der Waals surface area contributed by atoms with Gasteiger partial charge in [0.25, 0.3) is 0 Å². The third-order valence-corrected chi connectivity index (χ3v) is 4.42. The fraction of sp³-hybridized carbons (Fsp3) is 0.667. The SMILES string of the molecule is COc1cc(CNC2CCCCCCC2)cc(OC)c1OC. The van der Waals surface area contributed by atoms with Gasteiger partial charge in [-0.25, -0.2) is 0 Å². The van der Waals surface area contributed by atoms with Gasteiger partial charge >= 0.3 is 0 Å². The number of benzene rings is 1. The Kier molecular flexibility index (Phi) is 6.84. The van der Waals surface area contributed by atoms with Gasteiger partial charge in [-0.1, -0.05) is 32.1 Å². The first-order valence-electron chi connectivity index (χ1n) is 8.30. The molecule has 0 unspecified atom stereocenters. The molecular weight excluding hydrogens is 278 g/mol. The summed E-state index contributed by atoms with van der Waals surface area (Å²) in [5.41, 5.74) is 1.16. The van der Waals surface area contributed by atoms with Crippen molar-refractivity contribution in [2.24, 2.45) is 0 Å². The predicted octanol–water partition coefficient (Wildman–Crippen LogP) is 3.91. The number of nitrogens with one attached hydrogen (secondary N) is 1. The Balaban J connectivity index is 2.02. The molecule has 1 saturated carbocycles. The van der Waals surface area contributed by atoms with Crippen LogP contribution >= 0.6 is 0 Å². The number of methoxy groups -OCH3 is 3. The van der Waals surface area contributed by atoms with E-state index in [1.165, 1.54) is 44.9 Å². The van der Waals surface area contributed by atoms with Gasteiger partial charge in [0.1, 0.15) is 0 Å². The molecular formula is C18H29NO3. The Morgan fingerprint density at radius 3 is 1.91 bits per heavy atom. The molecule has 0 amide bonds. The molecule has 22 heavy (non-hydrogen) atoms. The zero-order valence-corrected chi connectivity index (χ0v) is 14.1. The second-order valence-electron chi connectivity index (χ2n) is 5.96. The second-order valence-corrected chi connectivity index (χ2v) is 5.96. The van der Waals surface area contributed by atoms with Crippen LogP contribution in [-0.2, 0) is 6.54 Å². The molecule has 2 rings (SSSR count). The summed E-state index contributed by atoms with van der Waals surface area (Å²) < 4.78 is 16.2. The van der Waals surface area contributed by atoms with Crippen molar-refractivity contribution < 1.29 is 14.2 Å². The predicted molar refractivity (Wildman–Crippen MR) is 89.0 cm³/mol. The average molecular weight is 307 g/mol. The zero-order valence-electron chi connectivity index (χ0n) is 14.1. The minimum atomic E-state index is 0.624. The van der Waals surface area contributed by atoms with Crippen LogP contribution in [0.3, 0.4) is 0 Å². The molecule has 0 atom stereocenters. The van der Waals surface area contributed by atoms with Crippen LogP contribution in [0.15, 0.2) is 12.1 Å². The molecule has 1 aromatic carbocycles. The fourth-order valence-corrected chi connectivity index (χ4v) is 3.16. The van der Waals surface area contributed by atoms with E-state index in [9.17, 15) is 0 Å². The van der Waals surface area contributed by atoms with Crippen LogP contribution in [0.25, 0.3) is 0 Å². The maximum absolute atomic E-state index is 5.41. The fourth-order valence-electron chi connectivity index (χ4n) is 3.16. The van der Waals surface area contributed by atoms with E-state index in [2.05, 4.69) is 5.32 Å². The highest BCUT2D eigenvalue weighted by molar-refractivity contribution is 5.53. The number of rotatable bonds is 6. The molecule has 0 aromatic heterocycles. The van der Waals surface area contributed by atoms with Crippen molar-refractivity contribution in [1.29, 1.82) is 0 Å². The van der Waals surface area contributed by atoms with Gasteiger partial charge in [-0.2, -0.15) is 0 Å². The Morgan fingerprint density at radius 1 is 0.864 bits per heavy atom. The van der Waals surface area contributed by atoms with Crippen LogP contribution in [0.5, 0.6) is 17.2 Å². The third kappa shape index (κ3) is 4.54. The van der Waals surface area contributed by atoms with Crippen molar-refractivity contribution in [2.45, 2.75) is 57.5 Å². The van der Waals surface area contributed by atoms with Crippen LogP contribution in [0.4, 0.5) is 0 Å². The lowest BCUT2D eigenvalue weighted by Gasteiger charge is -2.21. The lowest BCUT2D eigenvalue weighted by molar-refractivity contribution is 0.323. The van der Waals surface area contributed by atoms with Gasteiger partial charge in [-0.15, -0.1) is 0 Å². The standard InChI is InChI=1S/C18H29NO3/c1-20-16-11-14(12-17(21-2)18(16)22-3)13-19-15-9-7-5-4-6-8-10-15/h11-12,15,19H,4-10,13H2,1-3H3. The van der Waals surface area contributed by atoms with Gasteiger partial charge in [0.2, 0.25) is 5.75 Å². The van der Waals surface area contributed by atoms with Gasteiger partial charge in [0.15, 0.2) is 11.5 Å². The largest absolute Gasteiger partial charge is 0.493 e. The van der Waals surface area contributed by atoms with E-state index in [1.807, 2.05) is 12.1 Å². The van der Waals surface area contributed by atoms with E-state index in [0.29, 0.717) is 11.8 Å². The molecule has 124 valence electrons. The minimum Gasteiger partial charge on any atom is -0.493 e. The smallest absolute Gasteiger partial charge is 0.203 e. The van der Waals surface area contributed by atoms with E-state index < -0.39 is 0 Å². The first-order valence-corrected chi connectivity index (χ1v) is 8.30. The Morgan fingerprint density at radius 2 is 1.41 bits per heavy atom. The first kappa shape index (κ1) is 16.9. The highest BCUT2D eigenvalue weighted by Crippen LogP contribution is 2.38. The van der Waals surface area contributed by atoms with Crippen LogP contribution in [0.1, 0.15) is 50.5 Å². The Hall–Kier alpha value is -1.42. The molecule has 1 aromatic rings. The third-order valence-electron chi connectivity index (χ3n) is 4.42. The molecule has 0 aliphatic heterocycles. The van der Waals surface area contributed by atoms with Gasteiger partial charge < -0.3 is 19.5 Å². The monoisotopic (exact) mass is 307 g/mol. The van der Waals surface area contributed by atoms with Crippen molar-refractivity contribution in [3.63, 3.8) is 0 Å². The first-order chi connectivity index (χ1) is 10.8. The van der Waals surface area contributed by atoms with Gasteiger partial charge in [-0.05, 0) is 30.5 Å². The molecule has 0 radical (unpaired) electrons. The lowest BCUT2D eigenvalue weighted by atomic mass is 9.96. The maximum atomic E-state index is 5.41. The molecule has 4 heteroatoms.